The minimum atomic E-state index is -0.407. The van der Waals surface area contributed by atoms with Crippen molar-refractivity contribution in [2.75, 3.05) is 0 Å². The lowest BCUT2D eigenvalue weighted by Crippen LogP contribution is -2.44. The molecule has 0 spiro atoms. The minimum Gasteiger partial charge on any atom is -0.489 e. The van der Waals surface area contributed by atoms with Gasteiger partial charge in [0.15, 0.2) is 5.82 Å². The van der Waals surface area contributed by atoms with E-state index in [2.05, 4.69) is 15.1 Å². The predicted octanol–water partition coefficient (Wildman–Crippen LogP) is 3.47. The maximum atomic E-state index is 6.23. The fourth-order valence-electron chi connectivity index (χ4n) is 2.66. The number of ether oxygens (including phenoxy) is 1. The molecular formula is C18H19ClN4O2. The van der Waals surface area contributed by atoms with Crippen molar-refractivity contribution in [2.24, 2.45) is 5.73 Å². The van der Waals surface area contributed by atoms with E-state index in [1.54, 1.807) is 12.4 Å². The summed E-state index contributed by atoms with van der Waals surface area (Å²) in [6, 6.07) is 11.4. The predicted molar refractivity (Wildman–Crippen MR) is 95.3 cm³/mol. The number of hydrogen-bond donors (Lipinski definition) is 1. The second kappa shape index (κ2) is 7.21. The lowest BCUT2D eigenvalue weighted by molar-refractivity contribution is 0.229. The summed E-state index contributed by atoms with van der Waals surface area (Å²) in [5, 5.41) is 4.04. The van der Waals surface area contributed by atoms with Gasteiger partial charge in [0.25, 0.3) is 5.89 Å². The van der Waals surface area contributed by atoms with E-state index in [0.29, 0.717) is 18.3 Å². The molecule has 2 N–H and O–H groups in total. The van der Waals surface area contributed by atoms with Gasteiger partial charge in [-0.2, -0.15) is 4.98 Å². The summed E-state index contributed by atoms with van der Waals surface area (Å²) in [6.45, 7) is 0.502. The second-order valence-electron chi connectivity index (χ2n) is 6.10. The summed E-state index contributed by atoms with van der Waals surface area (Å²) in [4.78, 5) is 8.43. The summed E-state index contributed by atoms with van der Waals surface area (Å²) in [7, 11) is 0. The van der Waals surface area contributed by atoms with Crippen molar-refractivity contribution in [2.45, 2.75) is 31.4 Å². The third-order valence-electron chi connectivity index (χ3n) is 4.37. The van der Waals surface area contributed by atoms with Gasteiger partial charge in [-0.25, -0.2) is 0 Å². The standard InChI is InChI=1S/C18H18N4O2.ClH/c19-18(8-1-9-18)17-21-16(24-22-17)14-2-4-15(5-3-14)23-12-13-6-10-20-11-7-13;/h2-7,10-11H,1,8-9,12,19H2;1H. The van der Waals surface area contributed by atoms with E-state index >= 15 is 0 Å². The lowest BCUT2D eigenvalue weighted by Gasteiger charge is -2.34. The molecule has 1 fully saturated rings. The monoisotopic (exact) mass is 358 g/mol. The molecule has 1 aromatic carbocycles. The first-order valence-electron chi connectivity index (χ1n) is 7.98. The SMILES string of the molecule is Cl.NC1(c2noc(-c3ccc(OCc4ccncc4)cc3)n2)CCC1. The molecule has 0 radical (unpaired) electrons. The number of aromatic nitrogens is 3. The van der Waals surface area contributed by atoms with Crippen LogP contribution in [0.5, 0.6) is 5.75 Å². The van der Waals surface area contributed by atoms with Crippen molar-refractivity contribution in [3.05, 3.63) is 60.2 Å². The van der Waals surface area contributed by atoms with E-state index in [1.165, 1.54) is 0 Å². The van der Waals surface area contributed by atoms with Gasteiger partial charge in [0.1, 0.15) is 12.4 Å². The molecule has 130 valence electrons. The topological polar surface area (TPSA) is 87.1 Å². The fraction of sp³-hybridized carbons (Fsp3) is 0.278. The largest absolute Gasteiger partial charge is 0.489 e. The Morgan fingerprint density at radius 3 is 2.44 bits per heavy atom. The highest BCUT2D eigenvalue weighted by molar-refractivity contribution is 5.85. The highest BCUT2D eigenvalue weighted by Gasteiger charge is 2.39. The smallest absolute Gasteiger partial charge is 0.257 e. The fourth-order valence-corrected chi connectivity index (χ4v) is 2.66. The van der Waals surface area contributed by atoms with Crippen LogP contribution in [-0.4, -0.2) is 15.1 Å². The normalized spacial score (nSPS) is 15.1. The van der Waals surface area contributed by atoms with Crippen LogP contribution in [0.4, 0.5) is 0 Å². The van der Waals surface area contributed by atoms with Crippen LogP contribution in [0.1, 0.15) is 30.7 Å². The van der Waals surface area contributed by atoms with E-state index in [9.17, 15) is 0 Å². The van der Waals surface area contributed by atoms with E-state index in [-0.39, 0.29) is 12.4 Å². The van der Waals surface area contributed by atoms with Gasteiger partial charge in [-0.05, 0) is 61.2 Å². The Kier molecular flexibility index (Phi) is 5.01. The van der Waals surface area contributed by atoms with Gasteiger partial charge in [-0.15, -0.1) is 12.4 Å². The van der Waals surface area contributed by atoms with Crippen LogP contribution < -0.4 is 10.5 Å². The van der Waals surface area contributed by atoms with Gasteiger partial charge >= 0.3 is 0 Å². The van der Waals surface area contributed by atoms with Gasteiger partial charge in [0.2, 0.25) is 0 Å². The Morgan fingerprint density at radius 2 is 1.80 bits per heavy atom. The van der Waals surface area contributed by atoms with E-state index in [1.807, 2.05) is 36.4 Å². The molecule has 0 unspecified atom stereocenters. The molecule has 2 heterocycles. The molecule has 7 heteroatoms. The summed E-state index contributed by atoms with van der Waals surface area (Å²) in [6.07, 6.45) is 6.44. The van der Waals surface area contributed by atoms with Crippen molar-refractivity contribution in [1.82, 2.24) is 15.1 Å². The number of pyridine rings is 1. The number of nitrogens with two attached hydrogens (primary N) is 1. The first-order valence-corrected chi connectivity index (χ1v) is 7.98. The van der Waals surface area contributed by atoms with Gasteiger partial charge < -0.3 is 15.0 Å². The second-order valence-corrected chi connectivity index (χ2v) is 6.10. The first-order chi connectivity index (χ1) is 11.7. The Labute approximate surface area is 151 Å². The van der Waals surface area contributed by atoms with E-state index < -0.39 is 5.54 Å². The van der Waals surface area contributed by atoms with Crippen molar-refractivity contribution in [3.8, 4) is 17.2 Å². The zero-order valence-corrected chi connectivity index (χ0v) is 14.4. The molecular weight excluding hydrogens is 340 g/mol. The Morgan fingerprint density at radius 1 is 1.08 bits per heavy atom. The van der Waals surface area contributed by atoms with Crippen molar-refractivity contribution in [1.29, 1.82) is 0 Å². The number of nitrogens with zero attached hydrogens (tertiary/aromatic N) is 3. The molecule has 3 aromatic rings. The van der Waals surface area contributed by atoms with E-state index in [4.69, 9.17) is 15.0 Å². The maximum absolute atomic E-state index is 6.23. The van der Waals surface area contributed by atoms with Crippen LogP contribution >= 0.6 is 12.4 Å². The van der Waals surface area contributed by atoms with Crippen LogP contribution in [0.3, 0.4) is 0 Å². The molecule has 0 atom stereocenters. The molecule has 2 aromatic heterocycles. The molecule has 0 bridgehead atoms. The molecule has 1 saturated carbocycles. The Balaban J connectivity index is 0.00000182. The van der Waals surface area contributed by atoms with Crippen molar-refractivity contribution < 1.29 is 9.26 Å². The molecule has 1 aliphatic rings. The molecule has 25 heavy (non-hydrogen) atoms. The van der Waals surface area contributed by atoms with E-state index in [0.717, 1.165) is 36.1 Å². The van der Waals surface area contributed by atoms with Crippen LogP contribution in [0.15, 0.2) is 53.3 Å². The highest BCUT2D eigenvalue weighted by atomic mass is 35.5. The first kappa shape index (κ1) is 17.4. The molecule has 0 amide bonds. The highest BCUT2D eigenvalue weighted by Crippen LogP contribution is 2.37. The Hall–Kier alpha value is -2.44. The van der Waals surface area contributed by atoms with Gasteiger partial charge in [-0.1, -0.05) is 5.16 Å². The van der Waals surface area contributed by atoms with Gasteiger partial charge in [0.05, 0.1) is 5.54 Å². The number of benzene rings is 1. The quantitative estimate of drug-likeness (QED) is 0.751. The third-order valence-corrected chi connectivity index (χ3v) is 4.37. The summed E-state index contributed by atoms with van der Waals surface area (Å²) in [5.41, 5.74) is 7.75. The van der Waals surface area contributed by atoms with Gasteiger partial charge in [0, 0.05) is 18.0 Å². The molecule has 0 aliphatic heterocycles. The summed E-state index contributed by atoms with van der Waals surface area (Å²) < 4.78 is 11.1. The summed E-state index contributed by atoms with van der Waals surface area (Å²) >= 11 is 0. The average Bonchev–Trinajstić information content (AvgIpc) is 3.10. The van der Waals surface area contributed by atoms with Crippen LogP contribution in [0, 0.1) is 0 Å². The minimum absolute atomic E-state index is 0. The third kappa shape index (κ3) is 3.65. The number of rotatable bonds is 5. The zero-order chi connectivity index (χ0) is 16.4. The maximum Gasteiger partial charge on any atom is 0.257 e. The Bertz CT molecular complexity index is 817. The number of halogens is 1. The molecule has 0 saturated heterocycles. The molecule has 1 aliphatic carbocycles. The average molecular weight is 359 g/mol. The van der Waals surface area contributed by atoms with Crippen LogP contribution in [0.2, 0.25) is 0 Å². The van der Waals surface area contributed by atoms with Crippen molar-refractivity contribution >= 4 is 12.4 Å². The van der Waals surface area contributed by atoms with Gasteiger partial charge in [-0.3, -0.25) is 4.98 Å². The van der Waals surface area contributed by atoms with Crippen LogP contribution in [0.25, 0.3) is 11.5 Å². The zero-order valence-electron chi connectivity index (χ0n) is 13.6. The number of hydrogen-bond acceptors (Lipinski definition) is 6. The molecule has 4 rings (SSSR count). The summed E-state index contributed by atoms with van der Waals surface area (Å²) in [5.74, 6) is 1.87. The lowest BCUT2D eigenvalue weighted by atomic mass is 9.77. The molecule has 6 nitrogen and oxygen atoms in total. The van der Waals surface area contributed by atoms with Crippen LogP contribution in [-0.2, 0) is 12.1 Å². The van der Waals surface area contributed by atoms with Crippen molar-refractivity contribution in [3.63, 3.8) is 0 Å².